The number of rotatable bonds is 7. The lowest BCUT2D eigenvalue weighted by molar-refractivity contribution is -0.133. The summed E-state index contributed by atoms with van der Waals surface area (Å²) in [5.41, 5.74) is 2.66. The molecule has 29 heavy (non-hydrogen) atoms. The van der Waals surface area contributed by atoms with Crippen LogP contribution in [0.15, 0.2) is 23.2 Å². The van der Waals surface area contributed by atoms with Crippen molar-refractivity contribution in [3.63, 3.8) is 0 Å². The van der Waals surface area contributed by atoms with E-state index in [0.717, 1.165) is 11.8 Å². The minimum Gasteiger partial charge on any atom is -0.481 e. The molecule has 0 fully saturated rings. The normalized spacial score (nSPS) is 11.2. The Bertz CT molecular complexity index is 1250. The molecule has 0 atom stereocenters. The summed E-state index contributed by atoms with van der Waals surface area (Å²) in [5, 5.41) is 19.4. The van der Waals surface area contributed by atoms with Gasteiger partial charge in [0, 0.05) is 10.9 Å². The van der Waals surface area contributed by atoms with E-state index in [2.05, 4.69) is 25.5 Å². The van der Waals surface area contributed by atoms with Gasteiger partial charge in [-0.25, -0.2) is 14.4 Å². The molecule has 0 saturated heterocycles. The Kier molecular flexibility index (Phi) is 5.16. The summed E-state index contributed by atoms with van der Waals surface area (Å²) in [5.74, 6) is -1.76. The first kappa shape index (κ1) is 19.3. The number of anilines is 1. The minimum atomic E-state index is -1.03. The Morgan fingerprint density at radius 2 is 2.24 bits per heavy atom. The maximum absolute atomic E-state index is 15.3. The van der Waals surface area contributed by atoms with Crippen LogP contribution in [0, 0.1) is 5.82 Å². The summed E-state index contributed by atoms with van der Waals surface area (Å²) < 4.78 is 15.3. The molecule has 148 valence electrons. The molecule has 0 aliphatic heterocycles. The van der Waals surface area contributed by atoms with Crippen molar-refractivity contribution in [3.8, 4) is 11.3 Å². The van der Waals surface area contributed by atoms with Crippen molar-refractivity contribution in [3.05, 3.63) is 29.7 Å². The number of thiazole rings is 1. The number of aromatic nitrogens is 4. The molecule has 0 spiro atoms. The van der Waals surface area contributed by atoms with Crippen LogP contribution in [0.3, 0.4) is 0 Å². The fraction of sp³-hybridized carbons (Fsp3) is 0.167. The summed E-state index contributed by atoms with van der Waals surface area (Å²) in [6.07, 6.45) is 2.53. The molecule has 0 bridgehead atoms. The number of amides is 1. The first-order chi connectivity index (χ1) is 14.0. The van der Waals surface area contributed by atoms with Gasteiger partial charge in [0.1, 0.15) is 16.2 Å². The number of thioether (sulfide) groups is 1. The first-order valence-corrected chi connectivity index (χ1v) is 10.3. The number of halogens is 1. The lowest BCUT2D eigenvalue weighted by atomic mass is 9.97. The van der Waals surface area contributed by atoms with Gasteiger partial charge < -0.3 is 10.4 Å². The van der Waals surface area contributed by atoms with E-state index in [9.17, 15) is 9.59 Å². The van der Waals surface area contributed by atoms with E-state index in [0.29, 0.717) is 56.0 Å². The van der Waals surface area contributed by atoms with Crippen LogP contribution < -0.4 is 5.32 Å². The van der Waals surface area contributed by atoms with Gasteiger partial charge in [-0.05, 0) is 24.1 Å². The fourth-order valence-electron chi connectivity index (χ4n) is 3.13. The number of aliphatic carboxylic acids is 1. The number of pyridine rings is 1. The number of fused-ring (bicyclic) bond motifs is 2. The lowest BCUT2D eigenvalue weighted by Crippen LogP contribution is -2.02. The third-order valence-electron chi connectivity index (χ3n) is 4.29. The Balaban J connectivity index is 1.92. The minimum absolute atomic E-state index is 0.233. The van der Waals surface area contributed by atoms with E-state index >= 15 is 4.39 Å². The van der Waals surface area contributed by atoms with Crippen molar-refractivity contribution in [2.45, 2.75) is 18.2 Å². The van der Waals surface area contributed by atoms with Gasteiger partial charge in [0.05, 0.1) is 28.1 Å². The number of carbonyl (C=O) groups is 2. The molecule has 1 amide bonds. The predicted octanol–water partition coefficient (Wildman–Crippen LogP) is 3.68. The molecule has 1 aromatic carbocycles. The van der Waals surface area contributed by atoms with E-state index in [1.54, 1.807) is 18.3 Å². The number of nitrogens with zero attached hydrogens (tertiary/aromatic N) is 3. The molecule has 0 aliphatic carbocycles. The third kappa shape index (κ3) is 3.42. The monoisotopic (exact) mass is 431 g/mol. The van der Waals surface area contributed by atoms with E-state index < -0.39 is 11.8 Å². The molecule has 4 aromatic rings. The number of hydrogen-bond donors (Lipinski definition) is 3. The summed E-state index contributed by atoms with van der Waals surface area (Å²) >= 11 is 2.14. The van der Waals surface area contributed by atoms with Crippen molar-refractivity contribution in [1.82, 2.24) is 20.2 Å². The number of carboxylic acids is 1. The van der Waals surface area contributed by atoms with E-state index in [1.807, 2.05) is 6.92 Å². The van der Waals surface area contributed by atoms with Crippen LogP contribution in [-0.4, -0.2) is 43.4 Å². The molecule has 11 heteroatoms. The molecule has 0 unspecified atom stereocenters. The molecule has 0 aliphatic rings. The molecule has 3 heterocycles. The van der Waals surface area contributed by atoms with Crippen LogP contribution in [0.2, 0.25) is 0 Å². The Hall–Kier alpha value is -3.05. The zero-order chi connectivity index (χ0) is 20.5. The molecular formula is C18H14FN5O3S2. The summed E-state index contributed by atoms with van der Waals surface area (Å²) in [4.78, 5) is 31.3. The number of carboxylic acid groups (broad SMARTS) is 1. The SMILES string of the molecule is CCc1c(F)c(SCC(=O)O)c2[nH]ncc2c1-c1ccc2nc(NC=O)sc2n1. The van der Waals surface area contributed by atoms with Crippen LogP contribution in [-0.2, 0) is 16.0 Å². The number of aromatic amines is 1. The standard InChI is InChI=1S/C18H14FN5O3S2/c1-2-8-13(10-3-4-11-17(22-10)29-18(23-11)20-7-25)9-5-21-24-15(9)16(14(8)19)28-6-12(26)27/h3-5,7H,2,6H2,1H3,(H,21,24)(H,26,27)(H,20,23,25). The van der Waals surface area contributed by atoms with E-state index in [4.69, 9.17) is 5.11 Å². The zero-order valence-electron chi connectivity index (χ0n) is 15.0. The van der Waals surface area contributed by atoms with E-state index in [1.165, 1.54) is 11.3 Å². The van der Waals surface area contributed by atoms with Crippen LogP contribution in [0.5, 0.6) is 0 Å². The quantitative estimate of drug-likeness (QED) is 0.301. The highest BCUT2D eigenvalue weighted by Crippen LogP contribution is 2.40. The summed E-state index contributed by atoms with van der Waals surface area (Å²) in [7, 11) is 0. The molecule has 8 nitrogen and oxygen atoms in total. The third-order valence-corrected chi connectivity index (χ3v) is 6.25. The topological polar surface area (TPSA) is 121 Å². The molecule has 3 N–H and O–H groups in total. The smallest absolute Gasteiger partial charge is 0.313 e. The van der Waals surface area contributed by atoms with Gasteiger partial charge >= 0.3 is 5.97 Å². The summed E-state index contributed by atoms with van der Waals surface area (Å²) in [6.45, 7) is 1.83. The molecule has 0 radical (unpaired) electrons. The highest BCUT2D eigenvalue weighted by Gasteiger charge is 2.23. The van der Waals surface area contributed by atoms with Crippen molar-refractivity contribution >= 4 is 61.9 Å². The van der Waals surface area contributed by atoms with Gasteiger partial charge in [0.25, 0.3) is 0 Å². The van der Waals surface area contributed by atoms with Crippen LogP contribution in [0.4, 0.5) is 9.52 Å². The van der Waals surface area contributed by atoms with Crippen molar-refractivity contribution in [1.29, 1.82) is 0 Å². The fourth-order valence-corrected chi connectivity index (χ4v) is 4.74. The Morgan fingerprint density at radius 1 is 1.41 bits per heavy atom. The zero-order valence-corrected chi connectivity index (χ0v) is 16.7. The van der Waals surface area contributed by atoms with Crippen molar-refractivity contribution < 1.29 is 19.1 Å². The van der Waals surface area contributed by atoms with Gasteiger partial charge in [0.15, 0.2) is 5.13 Å². The summed E-state index contributed by atoms with van der Waals surface area (Å²) in [6, 6.07) is 3.51. The number of benzene rings is 1. The van der Waals surface area contributed by atoms with Gasteiger partial charge in [0.2, 0.25) is 6.41 Å². The number of nitrogens with one attached hydrogen (secondary N) is 2. The van der Waals surface area contributed by atoms with Gasteiger partial charge in [-0.3, -0.25) is 14.7 Å². The predicted molar refractivity (Wildman–Crippen MR) is 110 cm³/mol. The highest BCUT2D eigenvalue weighted by molar-refractivity contribution is 8.00. The van der Waals surface area contributed by atoms with Gasteiger partial charge in [-0.1, -0.05) is 18.3 Å². The van der Waals surface area contributed by atoms with Crippen LogP contribution in [0.25, 0.3) is 32.5 Å². The second-order valence-electron chi connectivity index (χ2n) is 5.99. The van der Waals surface area contributed by atoms with Crippen molar-refractivity contribution in [2.24, 2.45) is 0 Å². The second-order valence-corrected chi connectivity index (χ2v) is 7.96. The second kappa shape index (κ2) is 7.76. The average molecular weight is 431 g/mol. The maximum Gasteiger partial charge on any atom is 0.313 e. The molecule has 0 saturated carbocycles. The van der Waals surface area contributed by atoms with Gasteiger partial charge in [-0.15, -0.1) is 11.8 Å². The Morgan fingerprint density at radius 3 is 2.97 bits per heavy atom. The van der Waals surface area contributed by atoms with Crippen molar-refractivity contribution in [2.75, 3.05) is 11.1 Å². The van der Waals surface area contributed by atoms with Gasteiger partial charge in [-0.2, -0.15) is 5.10 Å². The largest absolute Gasteiger partial charge is 0.481 e. The molecule has 4 rings (SSSR count). The Labute approximate surface area is 171 Å². The first-order valence-electron chi connectivity index (χ1n) is 8.53. The number of hydrogen-bond acceptors (Lipinski definition) is 7. The average Bonchev–Trinajstić information content (AvgIpc) is 3.32. The molecule has 3 aromatic heterocycles. The lowest BCUT2D eigenvalue weighted by Gasteiger charge is -2.14. The maximum atomic E-state index is 15.3. The molecular weight excluding hydrogens is 417 g/mol. The highest BCUT2D eigenvalue weighted by atomic mass is 32.2. The number of carbonyl (C=O) groups excluding carboxylic acids is 1. The van der Waals surface area contributed by atoms with Crippen LogP contribution >= 0.6 is 23.1 Å². The number of H-pyrrole nitrogens is 1. The van der Waals surface area contributed by atoms with E-state index in [-0.39, 0.29) is 10.6 Å². The van der Waals surface area contributed by atoms with Crippen LogP contribution in [0.1, 0.15) is 12.5 Å².